The molecule has 6 nitrogen and oxygen atoms in total. The molecule has 0 aliphatic carbocycles. The number of ether oxygens (including phenoxy) is 1. The topological polar surface area (TPSA) is 96.9 Å². The smallest absolute Gasteiger partial charge is 0.140 e. The predicted molar refractivity (Wildman–Crippen MR) is 84.5 cm³/mol. The first kappa shape index (κ1) is 18.3. The lowest BCUT2D eigenvalue weighted by atomic mass is 10.1. The molecule has 0 saturated carbocycles. The number of methoxy groups -OCH3 is 1. The first-order valence-corrected chi connectivity index (χ1v) is 7.01. The Labute approximate surface area is 121 Å². The van der Waals surface area contributed by atoms with Crippen LogP contribution in [0.5, 0.6) is 0 Å². The Morgan fingerprint density at radius 3 is 2.60 bits per heavy atom. The summed E-state index contributed by atoms with van der Waals surface area (Å²) in [6, 6.07) is 0.248. The number of aromatic nitrogens is 2. The molecule has 0 fully saturated rings. The minimum atomic E-state index is 0.248. The summed E-state index contributed by atoms with van der Waals surface area (Å²) in [7, 11) is 1.68. The van der Waals surface area contributed by atoms with Gasteiger partial charge in [0.05, 0.1) is 5.56 Å². The first-order chi connectivity index (χ1) is 9.60. The maximum absolute atomic E-state index is 7.73. The fourth-order valence-corrected chi connectivity index (χ4v) is 1.71. The molecule has 1 aromatic rings. The van der Waals surface area contributed by atoms with Gasteiger partial charge in [-0.3, -0.25) is 0 Å². The van der Waals surface area contributed by atoms with Crippen molar-refractivity contribution in [1.82, 2.24) is 9.97 Å². The summed E-state index contributed by atoms with van der Waals surface area (Å²) in [5.41, 5.74) is 6.72. The number of rotatable bonds is 7. The van der Waals surface area contributed by atoms with E-state index < -0.39 is 0 Å². The Bertz CT molecular complexity index is 409. The molecule has 4 N–H and O–H groups in total. The van der Waals surface area contributed by atoms with Gasteiger partial charge in [-0.1, -0.05) is 20.8 Å². The second-order valence-corrected chi connectivity index (χ2v) is 4.14. The van der Waals surface area contributed by atoms with Gasteiger partial charge in [-0.15, -0.1) is 0 Å². The number of hydrogen-bond acceptors (Lipinski definition) is 6. The number of nitrogens with two attached hydrogens (primary N) is 1. The van der Waals surface area contributed by atoms with Crippen LogP contribution < -0.4 is 11.1 Å². The van der Waals surface area contributed by atoms with Crippen molar-refractivity contribution >= 4 is 17.3 Å². The largest absolute Gasteiger partial charge is 0.385 e. The third kappa shape index (κ3) is 5.52. The minimum absolute atomic E-state index is 0.248. The van der Waals surface area contributed by atoms with E-state index in [-0.39, 0.29) is 6.04 Å². The van der Waals surface area contributed by atoms with Crippen molar-refractivity contribution in [2.75, 3.05) is 24.8 Å². The van der Waals surface area contributed by atoms with Crippen molar-refractivity contribution in [3.05, 3.63) is 11.9 Å². The van der Waals surface area contributed by atoms with Crippen molar-refractivity contribution in [1.29, 1.82) is 5.41 Å². The second-order valence-electron chi connectivity index (χ2n) is 4.14. The van der Waals surface area contributed by atoms with Crippen LogP contribution >= 0.6 is 0 Å². The molecule has 0 aromatic carbocycles. The molecule has 0 bridgehead atoms. The molecule has 0 amide bonds. The van der Waals surface area contributed by atoms with Crippen LogP contribution in [0.3, 0.4) is 0 Å². The quantitative estimate of drug-likeness (QED) is 0.668. The molecule has 20 heavy (non-hydrogen) atoms. The molecule has 0 aliphatic heterocycles. The van der Waals surface area contributed by atoms with Crippen LogP contribution in [0, 0.1) is 5.41 Å². The van der Waals surface area contributed by atoms with Gasteiger partial charge in [-0.25, -0.2) is 9.97 Å². The van der Waals surface area contributed by atoms with Gasteiger partial charge in [-0.05, 0) is 19.8 Å². The van der Waals surface area contributed by atoms with Gasteiger partial charge >= 0.3 is 0 Å². The SMILES string of the molecule is CC.CCC(CCOC)Nc1ncnc(N)c1C(C)=N. The lowest BCUT2D eigenvalue weighted by molar-refractivity contribution is 0.189. The molecule has 0 radical (unpaired) electrons. The number of nitrogens with zero attached hydrogens (tertiary/aromatic N) is 2. The van der Waals surface area contributed by atoms with Crippen LogP contribution in [0.2, 0.25) is 0 Å². The van der Waals surface area contributed by atoms with Crippen LogP contribution in [-0.4, -0.2) is 35.4 Å². The fourth-order valence-electron chi connectivity index (χ4n) is 1.71. The van der Waals surface area contributed by atoms with E-state index in [4.69, 9.17) is 15.9 Å². The lowest BCUT2D eigenvalue weighted by Crippen LogP contribution is -2.23. The molecule has 0 aliphatic rings. The number of anilines is 2. The third-order valence-corrected chi connectivity index (χ3v) is 2.76. The maximum Gasteiger partial charge on any atom is 0.140 e. The van der Waals surface area contributed by atoms with Crippen LogP contribution in [0.15, 0.2) is 6.33 Å². The van der Waals surface area contributed by atoms with E-state index in [0.717, 1.165) is 12.8 Å². The van der Waals surface area contributed by atoms with Crippen LogP contribution in [0.1, 0.15) is 46.1 Å². The average Bonchev–Trinajstić information content (AvgIpc) is 2.45. The van der Waals surface area contributed by atoms with Crippen LogP contribution in [0.4, 0.5) is 11.6 Å². The highest BCUT2D eigenvalue weighted by atomic mass is 16.5. The molecule has 1 heterocycles. The maximum atomic E-state index is 7.73. The predicted octanol–water partition coefficient (Wildman–Crippen LogP) is 2.70. The van der Waals surface area contributed by atoms with E-state index in [1.165, 1.54) is 6.33 Å². The molecular weight excluding hydrogens is 254 g/mol. The Hall–Kier alpha value is -1.69. The van der Waals surface area contributed by atoms with Gasteiger partial charge in [-0.2, -0.15) is 0 Å². The highest BCUT2D eigenvalue weighted by molar-refractivity contribution is 6.04. The zero-order chi connectivity index (χ0) is 15.5. The minimum Gasteiger partial charge on any atom is -0.385 e. The van der Waals surface area contributed by atoms with Gasteiger partial charge in [0.25, 0.3) is 0 Å². The molecule has 1 unspecified atom stereocenters. The van der Waals surface area contributed by atoms with Crippen molar-refractivity contribution in [2.45, 2.75) is 46.6 Å². The molecular formula is C14H27N5O. The summed E-state index contributed by atoms with van der Waals surface area (Å²) in [6.07, 6.45) is 3.24. The molecule has 1 rings (SSSR count). The van der Waals surface area contributed by atoms with E-state index in [1.54, 1.807) is 14.0 Å². The summed E-state index contributed by atoms with van der Waals surface area (Å²) < 4.78 is 5.07. The highest BCUT2D eigenvalue weighted by Gasteiger charge is 2.14. The second kappa shape index (κ2) is 10.1. The summed E-state index contributed by atoms with van der Waals surface area (Å²) >= 11 is 0. The highest BCUT2D eigenvalue weighted by Crippen LogP contribution is 2.19. The fraction of sp³-hybridized carbons (Fsp3) is 0.643. The summed E-state index contributed by atoms with van der Waals surface area (Å²) in [5, 5.41) is 11.0. The molecule has 6 heteroatoms. The Morgan fingerprint density at radius 1 is 1.45 bits per heavy atom. The molecule has 1 aromatic heterocycles. The van der Waals surface area contributed by atoms with E-state index in [9.17, 15) is 0 Å². The monoisotopic (exact) mass is 281 g/mol. The zero-order valence-corrected chi connectivity index (χ0v) is 13.2. The Morgan fingerprint density at radius 2 is 2.10 bits per heavy atom. The Balaban J connectivity index is 0.00000172. The van der Waals surface area contributed by atoms with Crippen LogP contribution in [-0.2, 0) is 4.74 Å². The summed E-state index contributed by atoms with van der Waals surface area (Å²) in [6.45, 7) is 8.45. The number of hydrogen-bond donors (Lipinski definition) is 3. The summed E-state index contributed by atoms with van der Waals surface area (Å²) in [4.78, 5) is 8.09. The van der Waals surface area contributed by atoms with Crippen molar-refractivity contribution in [2.24, 2.45) is 0 Å². The van der Waals surface area contributed by atoms with E-state index in [1.807, 2.05) is 13.8 Å². The number of nitrogen functional groups attached to an aromatic ring is 1. The lowest BCUT2D eigenvalue weighted by Gasteiger charge is -2.19. The van der Waals surface area contributed by atoms with Crippen molar-refractivity contribution in [3.63, 3.8) is 0 Å². The number of nitrogens with one attached hydrogen (secondary N) is 2. The summed E-state index contributed by atoms with van der Waals surface area (Å²) in [5.74, 6) is 0.958. The van der Waals surface area contributed by atoms with Crippen molar-refractivity contribution in [3.8, 4) is 0 Å². The van der Waals surface area contributed by atoms with Crippen molar-refractivity contribution < 1.29 is 4.74 Å². The van der Waals surface area contributed by atoms with E-state index >= 15 is 0 Å². The zero-order valence-electron chi connectivity index (χ0n) is 13.2. The third-order valence-electron chi connectivity index (χ3n) is 2.76. The molecule has 0 saturated heterocycles. The molecule has 114 valence electrons. The molecule has 1 atom stereocenters. The van der Waals surface area contributed by atoms with E-state index in [0.29, 0.717) is 29.5 Å². The van der Waals surface area contributed by atoms with E-state index in [2.05, 4.69) is 22.2 Å². The molecule has 0 spiro atoms. The average molecular weight is 281 g/mol. The van der Waals surface area contributed by atoms with Gasteiger partial charge in [0, 0.05) is 25.5 Å². The van der Waals surface area contributed by atoms with Crippen LogP contribution in [0.25, 0.3) is 0 Å². The van der Waals surface area contributed by atoms with Gasteiger partial charge in [0.15, 0.2) is 0 Å². The van der Waals surface area contributed by atoms with Gasteiger partial charge in [0.1, 0.15) is 18.0 Å². The standard InChI is InChI=1S/C12H21N5O.C2H6/c1-4-9(5-6-18-3)17-12-10(8(2)13)11(14)15-7-16-12;1-2/h7,9,13H,4-6H2,1-3H3,(H3,14,15,16,17);1-2H3. The first-order valence-electron chi connectivity index (χ1n) is 7.01. The normalized spacial score (nSPS) is 11.2. The Kier molecular flexibility index (Phi) is 9.28. The van der Waals surface area contributed by atoms with Gasteiger partial charge < -0.3 is 21.2 Å². The van der Waals surface area contributed by atoms with Gasteiger partial charge in [0.2, 0.25) is 0 Å².